The van der Waals surface area contributed by atoms with E-state index in [4.69, 9.17) is 16.3 Å². The van der Waals surface area contributed by atoms with Crippen molar-refractivity contribution in [3.05, 3.63) is 58.9 Å². The maximum atomic E-state index is 12.2. The highest BCUT2D eigenvalue weighted by Gasteiger charge is 2.28. The van der Waals surface area contributed by atoms with Crippen LogP contribution < -0.4 is 4.74 Å². The molecule has 1 aliphatic rings. The molecule has 0 aliphatic carbocycles. The van der Waals surface area contributed by atoms with Gasteiger partial charge < -0.3 is 4.74 Å². The summed E-state index contributed by atoms with van der Waals surface area (Å²) < 4.78 is 5.67. The number of ether oxygens (including phenoxy) is 1. The zero-order valence-electron chi connectivity index (χ0n) is 10.2. The van der Waals surface area contributed by atoms with Crippen LogP contribution in [0.2, 0.25) is 5.02 Å². The van der Waals surface area contributed by atoms with Gasteiger partial charge in [-0.05, 0) is 23.3 Å². The highest BCUT2D eigenvalue weighted by Crippen LogP contribution is 2.29. The molecule has 0 bridgehead atoms. The van der Waals surface area contributed by atoms with Crippen LogP contribution in [-0.4, -0.2) is 16.9 Å². The summed E-state index contributed by atoms with van der Waals surface area (Å²) in [6, 6.07) is 9.51. The van der Waals surface area contributed by atoms with Crippen molar-refractivity contribution in [3.8, 4) is 5.75 Å². The first-order valence-corrected chi connectivity index (χ1v) is 6.47. The number of Topliss-reactive ketones (excluding diaryl/α,β-unsaturated/α-hetero) is 1. The minimum Gasteiger partial charge on any atom is -0.482 e. The lowest BCUT2D eigenvalue weighted by Crippen LogP contribution is -2.27. The molecule has 0 fully saturated rings. The number of carbonyl (C=O) groups excluding carboxylic acids is 1. The fraction of sp³-hybridized carbons (Fsp3) is 0.200. The molecule has 0 N–H and O–H groups in total. The van der Waals surface area contributed by atoms with Crippen LogP contribution in [0.5, 0.6) is 5.75 Å². The van der Waals surface area contributed by atoms with Crippen molar-refractivity contribution in [3.63, 3.8) is 0 Å². The average Bonchev–Trinajstić information content (AvgIpc) is 2.85. The average molecular weight is 274 g/mol. The summed E-state index contributed by atoms with van der Waals surface area (Å²) in [6.45, 7) is 0. The van der Waals surface area contributed by atoms with Gasteiger partial charge >= 0.3 is 0 Å². The van der Waals surface area contributed by atoms with Crippen LogP contribution in [-0.2, 0) is 17.6 Å². The molecule has 2 heterocycles. The zero-order valence-corrected chi connectivity index (χ0v) is 10.9. The highest BCUT2D eigenvalue weighted by atomic mass is 35.5. The van der Waals surface area contributed by atoms with Crippen molar-refractivity contribution in [1.29, 1.82) is 0 Å². The van der Waals surface area contributed by atoms with Gasteiger partial charge in [0.15, 0.2) is 11.9 Å². The Labute approximate surface area is 116 Å². The lowest BCUT2D eigenvalue weighted by atomic mass is 10.0. The first kappa shape index (κ1) is 12.2. The third-order valence-corrected chi connectivity index (χ3v) is 3.57. The van der Waals surface area contributed by atoms with Crippen LogP contribution >= 0.6 is 11.6 Å². The number of pyridine rings is 1. The highest BCUT2D eigenvalue weighted by molar-refractivity contribution is 6.31. The number of fused-ring (bicyclic) bond motifs is 1. The van der Waals surface area contributed by atoms with Crippen LogP contribution in [0.4, 0.5) is 0 Å². The van der Waals surface area contributed by atoms with E-state index in [0.29, 0.717) is 11.4 Å². The largest absolute Gasteiger partial charge is 0.482 e. The molecule has 0 radical (unpaired) electrons. The molecule has 1 aromatic carbocycles. The normalized spacial score (nSPS) is 16.8. The molecule has 0 saturated carbocycles. The fourth-order valence-electron chi connectivity index (χ4n) is 2.21. The maximum Gasteiger partial charge on any atom is 0.178 e. The summed E-state index contributed by atoms with van der Waals surface area (Å²) >= 11 is 6.01. The number of halogens is 1. The standard InChI is InChI=1S/C15H12ClNO2/c16-12-9-17-6-5-10(12)7-13(18)15-8-11-3-1-2-4-14(11)19-15/h1-6,9,15H,7-8H2. The van der Waals surface area contributed by atoms with Crippen LogP contribution in [0.1, 0.15) is 11.1 Å². The second-order valence-corrected chi connectivity index (χ2v) is 4.94. The van der Waals surface area contributed by atoms with E-state index in [1.165, 1.54) is 0 Å². The number of ketones is 1. The molecule has 1 atom stereocenters. The van der Waals surface area contributed by atoms with E-state index in [0.717, 1.165) is 16.9 Å². The molecule has 3 nitrogen and oxygen atoms in total. The van der Waals surface area contributed by atoms with Gasteiger partial charge in [0, 0.05) is 25.2 Å². The Balaban J connectivity index is 1.72. The molecule has 96 valence electrons. The van der Waals surface area contributed by atoms with E-state index in [1.807, 2.05) is 24.3 Å². The minimum absolute atomic E-state index is 0.0456. The number of hydrogen-bond donors (Lipinski definition) is 0. The van der Waals surface area contributed by atoms with E-state index in [2.05, 4.69) is 4.98 Å². The summed E-state index contributed by atoms with van der Waals surface area (Å²) in [6.07, 6.45) is 3.70. The van der Waals surface area contributed by atoms with E-state index < -0.39 is 6.10 Å². The minimum atomic E-state index is -0.401. The monoisotopic (exact) mass is 273 g/mol. The molecule has 19 heavy (non-hydrogen) atoms. The molecular formula is C15H12ClNO2. The molecule has 3 rings (SSSR count). The number of nitrogens with zero attached hydrogens (tertiary/aromatic N) is 1. The van der Waals surface area contributed by atoms with Crippen LogP contribution in [0, 0.1) is 0 Å². The summed E-state index contributed by atoms with van der Waals surface area (Å²) in [4.78, 5) is 16.1. The fourth-order valence-corrected chi connectivity index (χ4v) is 2.40. The molecule has 0 spiro atoms. The number of benzene rings is 1. The molecular weight excluding hydrogens is 262 g/mol. The van der Waals surface area contributed by atoms with Crippen molar-refractivity contribution in [2.45, 2.75) is 18.9 Å². The molecule has 4 heteroatoms. The van der Waals surface area contributed by atoms with Crippen LogP contribution in [0.15, 0.2) is 42.7 Å². The Kier molecular flexibility index (Phi) is 3.22. The van der Waals surface area contributed by atoms with Crippen LogP contribution in [0.3, 0.4) is 0 Å². The van der Waals surface area contributed by atoms with Gasteiger partial charge in [-0.3, -0.25) is 9.78 Å². The molecule has 1 unspecified atom stereocenters. The third-order valence-electron chi connectivity index (χ3n) is 3.23. The Morgan fingerprint density at radius 2 is 2.21 bits per heavy atom. The van der Waals surface area contributed by atoms with E-state index in [9.17, 15) is 4.79 Å². The van der Waals surface area contributed by atoms with Gasteiger partial charge in [0.2, 0.25) is 0 Å². The summed E-state index contributed by atoms with van der Waals surface area (Å²) in [5.41, 5.74) is 1.88. The Bertz CT molecular complexity index is 602. The Morgan fingerprint density at radius 1 is 1.37 bits per heavy atom. The lowest BCUT2D eigenvalue weighted by Gasteiger charge is -2.10. The van der Waals surface area contributed by atoms with Crippen molar-refractivity contribution < 1.29 is 9.53 Å². The van der Waals surface area contributed by atoms with Gasteiger partial charge in [0.05, 0.1) is 5.02 Å². The number of carbonyl (C=O) groups is 1. The van der Waals surface area contributed by atoms with Gasteiger partial charge in [-0.15, -0.1) is 0 Å². The number of rotatable bonds is 3. The van der Waals surface area contributed by atoms with Gasteiger partial charge in [-0.2, -0.15) is 0 Å². The summed E-state index contributed by atoms with van der Waals surface area (Å²) in [7, 11) is 0. The summed E-state index contributed by atoms with van der Waals surface area (Å²) in [5, 5.41) is 0.520. The second-order valence-electron chi connectivity index (χ2n) is 4.53. The predicted octanol–water partition coefficient (Wildman–Crippen LogP) is 2.85. The Morgan fingerprint density at radius 3 is 3.00 bits per heavy atom. The molecule has 2 aromatic rings. The van der Waals surface area contributed by atoms with Crippen molar-refractivity contribution in [2.24, 2.45) is 0 Å². The Hall–Kier alpha value is -1.87. The van der Waals surface area contributed by atoms with Gasteiger partial charge in [0.1, 0.15) is 5.75 Å². The van der Waals surface area contributed by atoms with E-state index in [1.54, 1.807) is 18.5 Å². The topological polar surface area (TPSA) is 39.2 Å². The van der Waals surface area contributed by atoms with Gasteiger partial charge in [-0.25, -0.2) is 0 Å². The molecule has 0 saturated heterocycles. The van der Waals surface area contributed by atoms with Crippen molar-refractivity contribution >= 4 is 17.4 Å². The SMILES string of the molecule is O=C(Cc1ccncc1Cl)C1Cc2ccccc2O1. The first-order valence-electron chi connectivity index (χ1n) is 6.09. The number of aromatic nitrogens is 1. The zero-order chi connectivity index (χ0) is 13.2. The summed E-state index contributed by atoms with van der Waals surface area (Å²) in [5.74, 6) is 0.853. The maximum absolute atomic E-state index is 12.2. The van der Waals surface area contributed by atoms with Gasteiger partial charge in [-0.1, -0.05) is 29.8 Å². The number of hydrogen-bond acceptors (Lipinski definition) is 3. The van der Waals surface area contributed by atoms with Crippen LogP contribution in [0.25, 0.3) is 0 Å². The molecule has 1 aliphatic heterocycles. The quantitative estimate of drug-likeness (QED) is 0.863. The van der Waals surface area contributed by atoms with E-state index >= 15 is 0 Å². The van der Waals surface area contributed by atoms with Gasteiger partial charge in [0.25, 0.3) is 0 Å². The second kappa shape index (κ2) is 5.02. The molecule has 1 aromatic heterocycles. The predicted molar refractivity (Wildman–Crippen MR) is 72.5 cm³/mol. The smallest absolute Gasteiger partial charge is 0.178 e. The van der Waals surface area contributed by atoms with Crippen molar-refractivity contribution in [2.75, 3.05) is 0 Å². The van der Waals surface area contributed by atoms with Crippen molar-refractivity contribution in [1.82, 2.24) is 4.98 Å². The molecule has 0 amide bonds. The third kappa shape index (κ3) is 2.47. The number of para-hydroxylation sites is 1. The lowest BCUT2D eigenvalue weighted by molar-refractivity contribution is -0.124. The van der Waals surface area contributed by atoms with E-state index in [-0.39, 0.29) is 12.2 Å². The first-order chi connectivity index (χ1) is 9.24.